The number of likely N-dealkylation sites (tertiary alicyclic amines) is 1. The van der Waals surface area contributed by atoms with Gasteiger partial charge in [-0.3, -0.25) is 4.68 Å². The molecule has 2 heterocycles. The molecule has 1 amide bonds. The van der Waals surface area contributed by atoms with E-state index in [4.69, 9.17) is 4.74 Å². The third-order valence-corrected chi connectivity index (χ3v) is 2.90. The number of aliphatic carboxylic acids is 1. The van der Waals surface area contributed by atoms with Gasteiger partial charge >= 0.3 is 12.1 Å². The molecule has 0 spiro atoms. The Hall–Kier alpha value is -2.05. The van der Waals surface area contributed by atoms with Crippen molar-refractivity contribution in [2.45, 2.75) is 31.9 Å². The molecular weight excluding hydrogens is 250 g/mol. The van der Waals surface area contributed by atoms with Crippen LogP contribution >= 0.6 is 0 Å². The molecule has 7 nitrogen and oxygen atoms in total. The summed E-state index contributed by atoms with van der Waals surface area (Å²) in [5.74, 6) is -1.00. The maximum absolute atomic E-state index is 11.8. The Balaban J connectivity index is 2.07. The maximum Gasteiger partial charge on any atom is 0.410 e. The van der Waals surface area contributed by atoms with Crippen LogP contribution in [-0.4, -0.2) is 50.5 Å². The van der Waals surface area contributed by atoms with Gasteiger partial charge < -0.3 is 14.7 Å². The number of hydrogen-bond donors (Lipinski definition) is 1. The Labute approximate surface area is 110 Å². The summed E-state index contributed by atoms with van der Waals surface area (Å²) in [6.07, 6.45) is 2.60. The van der Waals surface area contributed by atoms with Crippen molar-refractivity contribution >= 4 is 12.1 Å². The lowest BCUT2D eigenvalue weighted by molar-refractivity contribution is -0.157. The minimum absolute atomic E-state index is 0.0545. The summed E-state index contributed by atoms with van der Waals surface area (Å²) < 4.78 is 6.57. The Morgan fingerprint density at radius 2 is 2.00 bits per heavy atom. The molecule has 19 heavy (non-hydrogen) atoms. The van der Waals surface area contributed by atoms with Gasteiger partial charge in [0, 0.05) is 12.4 Å². The zero-order chi connectivity index (χ0) is 14.3. The molecule has 0 atom stereocenters. The number of nitrogens with zero attached hydrogens (tertiary/aromatic N) is 3. The van der Waals surface area contributed by atoms with Crippen LogP contribution < -0.4 is 0 Å². The van der Waals surface area contributed by atoms with E-state index in [1.165, 1.54) is 15.8 Å². The van der Waals surface area contributed by atoms with Gasteiger partial charge in [0.25, 0.3) is 0 Å². The summed E-state index contributed by atoms with van der Waals surface area (Å²) in [6, 6.07) is 1.65. The van der Waals surface area contributed by atoms with Crippen molar-refractivity contribution in [2.24, 2.45) is 0 Å². The highest BCUT2D eigenvalue weighted by atomic mass is 16.6. The fourth-order valence-electron chi connectivity index (χ4n) is 1.94. The van der Waals surface area contributed by atoms with Crippen LogP contribution in [0.3, 0.4) is 0 Å². The summed E-state index contributed by atoms with van der Waals surface area (Å²) in [6.45, 7) is 5.41. The molecule has 1 N–H and O–H groups in total. The van der Waals surface area contributed by atoms with Gasteiger partial charge in [0.15, 0.2) is 5.54 Å². The van der Waals surface area contributed by atoms with E-state index in [1.54, 1.807) is 33.0 Å². The molecule has 104 valence electrons. The quantitative estimate of drug-likeness (QED) is 0.861. The minimum atomic E-state index is -1.18. The monoisotopic (exact) mass is 267 g/mol. The fraction of sp³-hybridized carbons (Fsp3) is 0.583. The molecule has 1 aromatic rings. The number of carbonyl (C=O) groups excluding carboxylic acids is 1. The standard InChI is InChI=1S/C12H17N3O4/c1-11(2,3)19-10(18)14-7-12(8-14,9(16)17)15-6-4-5-13-15/h4-6H,7-8H2,1-3H3,(H,16,17). The van der Waals surface area contributed by atoms with Crippen molar-refractivity contribution in [3.8, 4) is 0 Å². The van der Waals surface area contributed by atoms with Gasteiger partial charge in [-0.1, -0.05) is 0 Å². The number of carboxylic acids is 1. The molecule has 0 unspecified atom stereocenters. The van der Waals surface area contributed by atoms with Crippen molar-refractivity contribution in [1.82, 2.24) is 14.7 Å². The molecule has 1 fully saturated rings. The first-order valence-electron chi connectivity index (χ1n) is 5.96. The van der Waals surface area contributed by atoms with Gasteiger partial charge in [-0.05, 0) is 26.8 Å². The van der Waals surface area contributed by atoms with Gasteiger partial charge in [-0.15, -0.1) is 0 Å². The van der Waals surface area contributed by atoms with Gasteiger partial charge in [0.1, 0.15) is 5.60 Å². The lowest BCUT2D eigenvalue weighted by Gasteiger charge is -2.46. The zero-order valence-corrected chi connectivity index (χ0v) is 11.2. The molecule has 0 saturated carbocycles. The van der Waals surface area contributed by atoms with Crippen LogP contribution in [0.2, 0.25) is 0 Å². The average Bonchev–Trinajstić information content (AvgIpc) is 2.65. The fourth-order valence-corrected chi connectivity index (χ4v) is 1.94. The predicted octanol–water partition coefficient (Wildman–Crippen LogP) is 0.914. The number of aromatic nitrogens is 2. The summed E-state index contributed by atoms with van der Waals surface area (Å²) in [5.41, 5.74) is -1.77. The van der Waals surface area contributed by atoms with Crippen LogP contribution in [0.15, 0.2) is 18.5 Å². The molecule has 0 bridgehead atoms. The SMILES string of the molecule is CC(C)(C)OC(=O)N1CC(C(=O)O)(n2cccn2)C1. The van der Waals surface area contributed by atoms with Crippen molar-refractivity contribution in [2.75, 3.05) is 13.1 Å². The number of hydrogen-bond acceptors (Lipinski definition) is 4. The molecule has 0 radical (unpaired) electrons. The van der Waals surface area contributed by atoms with Crippen LogP contribution in [-0.2, 0) is 15.1 Å². The summed E-state index contributed by atoms with van der Waals surface area (Å²) in [7, 11) is 0. The van der Waals surface area contributed by atoms with Crippen molar-refractivity contribution in [3.63, 3.8) is 0 Å². The second kappa shape index (κ2) is 4.25. The van der Waals surface area contributed by atoms with E-state index < -0.39 is 23.2 Å². The maximum atomic E-state index is 11.8. The highest BCUT2D eigenvalue weighted by Gasteiger charge is 2.54. The van der Waals surface area contributed by atoms with Crippen molar-refractivity contribution in [1.29, 1.82) is 0 Å². The zero-order valence-electron chi connectivity index (χ0n) is 11.2. The number of rotatable bonds is 2. The molecule has 1 aliphatic rings. The highest BCUT2D eigenvalue weighted by molar-refractivity contribution is 5.82. The first kappa shape index (κ1) is 13.4. The second-order valence-electron chi connectivity index (χ2n) is 5.62. The molecule has 1 aromatic heterocycles. The lowest BCUT2D eigenvalue weighted by Crippen LogP contribution is -2.68. The number of ether oxygens (including phenoxy) is 1. The smallest absolute Gasteiger partial charge is 0.410 e. The van der Waals surface area contributed by atoms with Gasteiger partial charge in [-0.2, -0.15) is 5.10 Å². The van der Waals surface area contributed by atoms with Crippen LogP contribution in [0.25, 0.3) is 0 Å². The Bertz CT molecular complexity index is 484. The highest BCUT2D eigenvalue weighted by Crippen LogP contribution is 2.30. The van der Waals surface area contributed by atoms with Crippen LogP contribution in [0.1, 0.15) is 20.8 Å². The number of carbonyl (C=O) groups is 2. The van der Waals surface area contributed by atoms with Gasteiger partial charge in [0.05, 0.1) is 13.1 Å². The van der Waals surface area contributed by atoms with E-state index in [2.05, 4.69) is 5.10 Å². The average molecular weight is 267 g/mol. The largest absolute Gasteiger partial charge is 0.479 e. The van der Waals surface area contributed by atoms with Crippen molar-refractivity contribution < 1.29 is 19.4 Å². The molecule has 1 saturated heterocycles. The normalized spacial score (nSPS) is 17.7. The van der Waals surface area contributed by atoms with Crippen LogP contribution in [0.4, 0.5) is 4.79 Å². The minimum Gasteiger partial charge on any atom is -0.479 e. The van der Waals surface area contributed by atoms with E-state index in [1.807, 2.05) is 0 Å². The lowest BCUT2D eigenvalue weighted by atomic mass is 9.90. The summed E-state index contributed by atoms with van der Waals surface area (Å²) >= 11 is 0. The predicted molar refractivity (Wildman–Crippen MR) is 65.6 cm³/mol. The van der Waals surface area contributed by atoms with Gasteiger partial charge in [0.2, 0.25) is 0 Å². The Morgan fingerprint density at radius 1 is 1.37 bits per heavy atom. The molecule has 0 aliphatic carbocycles. The van der Waals surface area contributed by atoms with E-state index in [-0.39, 0.29) is 13.1 Å². The summed E-state index contributed by atoms with van der Waals surface area (Å²) in [5, 5.41) is 13.3. The van der Waals surface area contributed by atoms with E-state index in [0.717, 1.165) is 0 Å². The number of carboxylic acid groups (broad SMARTS) is 1. The van der Waals surface area contributed by atoms with Gasteiger partial charge in [-0.25, -0.2) is 9.59 Å². The Kier molecular flexibility index (Phi) is 3.00. The topological polar surface area (TPSA) is 84.7 Å². The molecule has 2 rings (SSSR count). The Morgan fingerprint density at radius 3 is 2.42 bits per heavy atom. The first-order valence-corrected chi connectivity index (χ1v) is 5.96. The third kappa shape index (κ3) is 2.40. The first-order chi connectivity index (χ1) is 8.74. The molecule has 0 aromatic carbocycles. The van der Waals surface area contributed by atoms with Crippen LogP contribution in [0.5, 0.6) is 0 Å². The molecule has 7 heteroatoms. The molecular formula is C12H17N3O4. The molecule has 1 aliphatic heterocycles. The van der Waals surface area contributed by atoms with E-state index >= 15 is 0 Å². The van der Waals surface area contributed by atoms with E-state index in [0.29, 0.717) is 0 Å². The van der Waals surface area contributed by atoms with Crippen LogP contribution in [0, 0.1) is 0 Å². The summed E-state index contributed by atoms with van der Waals surface area (Å²) in [4.78, 5) is 24.6. The van der Waals surface area contributed by atoms with E-state index in [9.17, 15) is 14.7 Å². The number of amides is 1. The van der Waals surface area contributed by atoms with Crippen molar-refractivity contribution in [3.05, 3.63) is 18.5 Å². The second-order valence-corrected chi connectivity index (χ2v) is 5.62. The third-order valence-electron chi connectivity index (χ3n) is 2.90.